The van der Waals surface area contributed by atoms with Crippen molar-refractivity contribution in [2.75, 3.05) is 5.32 Å². The molecule has 1 aromatic heterocycles. The topological polar surface area (TPSA) is 108 Å². The first-order valence-electron chi connectivity index (χ1n) is 5.73. The summed E-state index contributed by atoms with van der Waals surface area (Å²) >= 11 is 0. The monoisotopic (exact) mass is 265 g/mol. The number of carboxylic acids is 1. The SMILES string of the molecule is Cc1ncccc1NC(=O)NC(=O)CCCC(=O)O. The summed E-state index contributed by atoms with van der Waals surface area (Å²) in [6.45, 7) is 1.73. The van der Waals surface area contributed by atoms with Crippen LogP contribution in [0.4, 0.5) is 10.5 Å². The zero-order valence-corrected chi connectivity index (χ0v) is 10.5. The van der Waals surface area contributed by atoms with E-state index in [1.807, 2.05) is 0 Å². The number of urea groups is 1. The fourth-order valence-corrected chi connectivity index (χ4v) is 1.36. The number of amides is 3. The van der Waals surface area contributed by atoms with Gasteiger partial charge in [0.15, 0.2) is 0 Å². The van der Waals surface area contributed by atoms with Gasteiger partial charge in [-0.3, -0.25) is 19.9 Å². The van der Waals surface area contributed by atoms with E-state index in [1.165, 1.54) is 0 Å². The first-order chi connectivity index (χ1) is 8.99. The van der Waals surface area contributed by atoms with Crippen LogP contribution in [-0.4, -0.2) is 28.0 Å². The number of carboxylic acid groups (broad SMARTS) is 1. The van der Waals surface area contributed by atoms with Gasteiger partial charge in [0.25, 0.3) is 0 Å². The second-order valence-corrected chi connectivity index (χ2v) is 3.89. The Morgan fingerprint density at radius 2 is 2.05 bits per heavy atom. The lowest BCUT2D eigenvalue weighted by Gasteiger charge is -2.07. The van der Waals surface area contributed by atoms with Gasteiger partial charge in [-0.1, -0.05) is 0 Å². The van der Waals surface area contributed by atoms with Gasteiger partial charge in [0.2, 0.25) is 5.91 Å². The van der Waals surface area contributed by atoms with Gasteiger partial charge in [0, 0.05) is 19.0 Å². The third-order valence-electron chi connectivity index (χ3n) is 2.30. The van der Waals surface area contributed by atoms with Crippen LogP contribution in [0.5, 0.6) is 0 Å². The number of hydrogen-bond donors (Lipinski definition) is 3. The van der Waals surface area contributed by atoms with Gasteiger partial charge in [-0.2, -0.15) is 0 Å². The summed E-state index contributed by atoms with van der Waals surface area (Å²) in [6.07, 6.45) is 1.68. The van der Waals surface area contributed by atoms with E-state index >= 15 is 0 Å². The first kappa shape index (κ1) is 14.6. The summed E-state index contributed by atoms with van der Waals surface area (Å²) in [5.74, 6) is -1.48. The van der Waals surface area contributed by atoms with Crippen molar-refractivity contribution in [1.82, 2.24) is 10.3 Å². The third-order valence-corrected chi connectivity index (χ3v) is 2.30. The summed E-state index contributed by atoms with van der Waals surface area (Å²) in [5, 5.41) is 13.0. The molecule has 3 amide bonds. The van der Waals surface area contributed by atoms with Crippen LogP contribution in [0.1, 0.15) is 25.0 Å². The largest absolute Gasteiger partial charge is 0.481 e. The normalized spacial score (nSPS) is 9.74. The molecule has 0 aromatic carbocycles. The Morgan fingerprint density at radius 3 is 2.68 bits per heavy atom. The minimum absolute atomic E-state index is 0.00819. The molecule has 0 aliphatic carbocycles. The van der Waals surface area contributed by atoms with E-state index in [4.69, 9.17) is 5.11 Å². The van der Waals surface area contributed by atoms with E-state index in [-0.39, 0.29) is 19.3 Å². The Bertz CT molecular complexity index is 488. The molecule has 7 nitrogen and oxygen atoms in total. The molecular weight excluding hydrogens is 250 g/mol. The number of hydrogen-bond acceptors (Lipinski definition) is 4. The molecule has 0 aliphatic heterocycles. The molecule has 19 heavy (non-hydrogen) atoms. The maximum Gasteiger partial charge on any atom is 0.325 e. The molecular formula is C12H15N3O4. The lowest BCUT2D eigenvalue weighted by Crippen LogP contribution is -2.34. The average molecular weight is 265 g/mol. The molecule has 0 aliphatic rings. The molecule has 102 valence electrons. The van der Waals surface area contributed by atoms with Crippen molar-refractivity contribution in [3.05, 3.63) is 24.0 Å². The number of nitrogens with zero attached hydrogens (tertiary/aromatic N) is 1. The van der Waals surface area contributed by atoms with Gasteiger partial charge < -0.3 is 10.4 Å². The van der Waals surface area contributed by atoms with Crippen molar-refractivity contribution < 1.29 is 19.5 Å². The maximum absolute atomic E-state index is 11.5. The van der Waals surface area contributed by atoms with E-state index in [0.717, 1.165) is 0 Å². The predicted molar refractivity (Wildman–Crippen MR) is 67.6 cm³/mol. The molecule has 1 aromatic rings. The van der Waals surface area contributed by atoms with Crippen molar-refractivity contribution in [2.24, 2.45) is 0 Å². The summed E-state index contributed by atoms with van der Waals surface area (Å²) < 4.78 is 0. The molecule has 0 bridgehead atoms. The number of imide groups is 1. The van der Waals surface area contributed by atoms with Crippen LogP contribution < -0.4 is 10.6 Å². The van der Waals surface area contributed by atoms with Gasteiger partial charge in [-0.05, 0) is 25.5 Å². The minimum Gasteiger partial charge on any atom is -0.481 e. The van der Waals surface area contributed by atoms with Crippen molar-refractivity contribution in [2.45, 2.75) is 26.2 Å². The molecule has 0 atom stereocenters. The molecule has 0 fully saturated rings. The fraction of sp³-hybridized carbons (Fsp3) is 0.333. The number of nitrogens with one attached hydrogen (secondary N) is 2. The van der Waals surface area contributed by atoms with E-state index in [1.54, 1.807) is 25.3 Å². The molecule has 1 rings (SSSR count). The quantitative estimate of drug-likeness (QED) is 0.743. The first-order valence-corrected chi connectivity index (χ1v) is 5.73. The zero-order chi connectivity index (χ0) is 14.3. The molecule has 0 unspecified atom stereocenters. The fourth-order valence-electron chi connectivity index (χ4n) is 1.36. The van der Waals surface area contributed by atoms with E-state index in [9.17, 15) is 14.4 Å². The van der Waals surface area contributed by atoms with E-state index in [0.29, 0.717) is 11.4 Å². The number of aliphatic carboxylic acids is 1. The zero-order valence-electron chi connectivity index (χ0n) is 10.5. The molecule has 0 radical (unpaired) electrons. The minimum atomic E-state index is -0.969. The molecule has 1 heterocycles. The Hall–Kier alpha value is -2.44. The average Bonchev–Trinajstić information content (AvgIpc) is 2.31. The predicted octanol–water partition coefficient (Wildman–Crippen LogP) is 1.29. The molecule has 7 heteroatoms. The van der Waals surface area contributed by atoms with Crippen molar-refractivity contribution in [1.29, 1.82) is 0 Å². The van der Waals surface area contributed by atoms with Crippen LogP contribution in [-0.2, 0) is 9.59 Å². The summed E-state index contributed by atoms with van der Waals surface area (Å²) in [5.41, 5.74) is 1.15. The van der Waals surface area contributed by atoms with Crippen LogP contribution in [0, 0.1) is 6.92 Å². The maximum atomic E-state index is 11.5. The Morgan fingerprint density at radius 1 is 1.32 bits per heavy atom. The Labute approximate surface area is 110 Å². The Kier molecular flexibility index (Phi) is 5.46. The highest BCUT2D eigenvalue weighted by molar-refractivity contribution is 6.01. The van der Waals surface area contributed by atoms with Crippen LogP contribution >= 0.6 is 0 Å². The van der Waals surface area contributed by atoms with Crippen LogP contribution in [0.2, 0.25) is 0 Å². The van der Waals surface area contributed by atoms with Crippen LogP contribution in [0.15, 0.2) is 18.3 Å². The highest BCUT2D eigenvalue weighted by atomic mass is 16.4. The van der Waals surface area contributed by atoms with Crippen LogP contribution in [0.25, 0.3) is 0 Å². The second kappa shape index (κ2) is 7.10. The number of anilines is 1. The number of carbonyl (C=O) groups is 3. The lowest BCUT2D eigenvalue weighted by atomic mass is 10.2. The van der Waals surface area contributed by atoms with E-state index < -0.39 is 17.9 Å². The smallest absolute Gasteiger partial charge is 0.325 e. The van der Waals surface area contributed by atoms with Crippen molar-refractivity contribution >= 4 is 23.6 Å². The van der Waals surface area contributed by atoms with Gasteiger partial charge in [-0.15, -0.1) is 0 Å². The van der Waals surface area contributed by atoms with Gasteiger partial charge in [0.1, 0.15) is 0 Å². The van der Waals surface area contributed by atoms with Gasteiger partial charge >= 0.3 is 12.0 Å². The summed E-state index contributed by atoms with van der Waals surface area (Å²) in [6, 6.07) is 2.67. The molecule has 0 saturated carbocycles. The lowest BCUT2D eigenvalue weighted by molar-refractivity contribution is -0.137. The number of aryl methyl sites for hydroxylation is 1. The van der Waals surface area contributed by atoms with Gasteiger partial charge in [0.05, 0.1) is 11.4 Å². The van der Waals surface area contributed by atoms with Crippen molar-refractivity contribution in [3.63, 3.8) is 0 Å². The molecule has 3 N–H and O–H groups in total. The molecule has 0 saturated heterocycles. The van der Waals surface area contributed by atoms with Crippen molar-refractivity contribution in [3.8, 4) is 0 Å². The highest BCUT2D eigenvalue weighted by Crippen LogP contribution is 2.09. The number of pyridine rings is 1. The van der Waals surface area contributed by atoms with E-state index in [2.05, 4.69) is 15.6 Å². The standard InChI is InChI=1S/C12H15N3O4/c1-8-9(4-3-7-13-8)14-12(19)15-10(16)5-2-6-11(17)18/h3-4,7H,2,5-6H2,1H3,(H,17,18)(H2,14,15,16,19). The second-order valence-electron chi connectivity index (χ2n) is 3.89. The Balaban J connectivity index is 2.37. The van der Waals surface area contributed by atoms with Gasteiger partial charge in [-0.25, -0.2) is 4.79 Å². The third kappa shape index (κ3) is 5.62. The van der Waals surface area contributed by atoms with Crippen LogP contribution in [0.3, 0.4) is 0 Å². The highest BCUT2D eigenvalue weighted by Gasteiger charge is 2.09. The number of aromatic nitrogens is 1. The summed E-state index contributed by atoms with van der Waals surface area (Å²) in [4.78, 5) is 37.1. The molecule has 0 spiro atoms. The number of rotatable bonds is 5. The number of carbonyl (C=O) groups excluding carboxylic acids is 2. The summed E-state index contributed by atoms with van der Waals surface area (Å²) in [7, 11) is 0.